The summed E-state index contributed by atoms with van der Waals surface area (Å²) in [6.45, 7) is 5.31. The quantitative estimate of drug-likeness (QED) is 0.866. The van der Waals surface area contributed by atoms with E-state index in [-0.39, 0.29) is 35.5 Å². The number of ketones is 1. The highest BCUT2D eigenvalue weighted by atomic mass is 19.1. The third-order valence-electron chi connectivity index (χ3n) is 5.79. The second-order valence-corrected chi connectivity index (χ2v) is 8.72. The standard InChI is InChI=1S/C21H23F2N3O2/c1-21(2,3)16(27)10-24-20(28)18-17-11-4-5-12(8-11)19(17)26(25-18)15-7-6-13(22)9-14(15)23/h6-7,9,11-12H,4-5,8,10H2,1-3H3,(H,24,28)/t11-,12-/m1/s1. The first-order valence-corrected chi connectivity index (χ1v) is 9.56. The molecular formula is C21H23F2N3O2. The number of halogens is 2. The van der Waals surface area contributed by atoms with Crippen molar-refractivity contribution in [2.75, 3.05) is 6.54 Å². The number of Topliss-reactive ketones (excluding diaryl/α,β-unsaturated/α-hetero) is 1. The second kappa shape index (κ2) is 6.50. The molecule has 1 N–H and O–H groups in total. The van der Waals surface area contributed by atoms with Gasteiger partial charge in [0.05, 0.1) is 12.2 Å². The molecule has 0 aliphatic heterocycles. The van der Waals surface area contributed by atoms with Crippen LogP contribution in [0, 0.1) is 17.0 Å². The van der Waals surface area contributed by atoms with E-state index >= 15 is 0 Å². The summed E-state index contributed by atoms with van der Waals surface area (Å²) in [6, 6.07) is 3.34. The van der Waals surface area contributed by atoms with E-state index in [9.17, 15) is 18.4 Å². The first kappa shape index (κ1) is 18.8. The molecule has 1 saturated carbocycles. The molecule has 0 unspecified atom stereocenters. The molecule has 2 bridgehead atoms. The number of amides is 1. The van der Waals surface area contributed by atoms with Crippen LogP contribution in [0.4, 0.5) is 8.78 Å². The Morgan fingerprint density at radius 2 is 1.93 bits per heavy atom. The molecule has 4 rings (SSSR count). The number of nitrogens with one attached hydrogen (secondary N) is 1. The van der Waals surface area contributed by atoms with Crippen LogP contribution >= 0.6 is 0 Å². The average Bonchev–Trinajstić information content (AvgIpc) is 3.31. The summed E-state index contributed by atoms with van der Waals surface area (Å²) in [5, 5.41) is 7.07. The number of carbonyl (C=O) groups is 2. The predicted octanol–water partition coefficient (Wildman–Crippen LogP) is 3.86. The van der Waals surface area contributed by atoms with Gasteiger partial charge in [0.1, 0.15) is 11.5 Å². The number of fused-ring (bicyclic) bond motifs is 5. The van der Waals surface area contributed by atoms with Gasteiger partial charge in [-0.1, -0.05) is 20.8 Å². The van der Waals surface area contributed by atoms with E-state index in [1.165, 1.54) is 16.8 Å². The van der Waals surface area contributed by atoms with Gasteiger partial charge in [0.15, 0.2) is 17.3 Å². The lowest BCUT2D eigenvalue weighted by molar-refractivity contribution is -0.125. The number of benzene rings is 1. The van der Waals surface area contributed by atoms with Crippen molar-refractivity contribution >= 4 is 11.7 Å². The number of hydrogen-bond donors (Lipinski definition) is 1. The Morgan fingerprint density at radius 1 is 1.21 bits per heavy atom. The number of hydrogen-bond acceptors (Lipinski definition) is 3. The van der Waals surface area contributed by atoms with Crippen molar-refractivity contribution in [2.45, 2.75) is 51.9 Å². The maximum atomic E-state index is 14.4. The van der Waals surface area contributed by atoms with E-state index in [0.717, 1.165) is 36.6 Å². The van der Waals surface area contributed by atoms with Gasteiger partial charge in [0, 0.05) is 23.0 Å². The molecule has 0 spiro atoms. The van der Waals surface area contributed by atoms with Crippen LogP contribution in [0.3, 0.4) is 0 Å². The Kier molecular flexibility index (Phi) is 4.36. The highest BCUT2D eigenvalue weighted by molar-refractivity contribution is 5.98. The molecule has 2 atom stereocenters. The fourth-order valence-electron chi connectivity index (χ4n) is 4.24. The van der Waals surface area contributed by atoms with Crippen molar-refractivity contribution in [2.24, 2.45) is 5.41 Å². The zero-order valence-electron chi connectivity index (χ0n) is 16.2. The topological polar surface area (TPSA) is 64.0 Å². The smallest absolute Gasteiger partial charge is 0.272 e. The third-order valence-corrected chi connectivity index (χ3v) is 5.79. The lowest BCUT2D eigenvalue weighted by Gasteiger charge is -2.17. The van der Waals surface area contributed by atoms with Crippen molar-refractivity contribution in [1.29, 1.82) is 0 Å². The Hall–Kier alpha value is -2.57. The monoisotopic (exact) mass is 387 g/mol. The minimum Gasteiger partial charge on any atom is -0.344 e. The Bertz CT molecular complexity index is 975. The molecule has 0 saturated heterocycles. The van der Waals surface area contributed by atoms with Gasteiger partial charge in [-0.2, -0.15) is 5.10 Å². The van der Waals surface area contributed by atoms with Crippen LogP contribution in [-0.2, 0) is 4.79 Å². The van der Waals surface area contributed by atoms with Gasteiger partial charge in [-0.3, -0.25) is 9.59 Å². The fraction of sp³-hybridized carbons (Fsp3) is 0.476. The van der Waals surface area contributed by atoms with Crippen molar-refractivity contribution in [1.82, 2.24) is 15.1 Å². The van der Waals surface area contributed by atoms with Gasteiger partial charge < -0.3 is 5.32 Å². The van der Waals surface area contributed by atoms with E-state index in [4.69, 9.17) is 0 Å². The molecule has 2 aromatic rings. The van der Waals surface area contributed by atoms with Gasteiger partial charge in [0.2, 0.25) is 0 Å². The SMILES string of the molecule is CC(C)(C)C(=O)CNC(=O)c1nn(-c2ccc(F)cc2F)c2c1[C@@H]1CC[C@@H]2C1. The number of aromatic nitrogens is 2. The van der Waals surface area contributed by atoms with E-state index in [2.05, 4.69) is 10.4 Å². The zero-order valence-corrected chi connectivity index (χ0v) is 16.2. The molecule has 148 valence electrons. The molecule has 5 nitrogen and oxygen atoms in total. The highest BCUT2D eigenvalue weighted by Crippen LogP contribution is 2.54. The lowest BCUT2D eigenvalue weighted by atomic mass is 9.91. The van der Waals surface area contributed by atoms with Crippen LogP contribution in [0.2, 0.25) is 0 Å². The van der Waals surface area contributed by atoms with Crippen molar-refractivity contribution in [3.8, 4) is 5.69 Å². The van der Waals surface area contributed by atoms with Crippen LogP contribution in [-0.4, -0.2) is 28.0 Å². The Morgan fingerprint density at radius 3 is 2.61 bits per heavy atom. The van der Waals surface area contributed by atoms with E-state index in [1.807, 2.05) is 0 Å². The Labute approximate surface area is 162 Å². The minimum atomic E-state index is -0.719. The first-order valence-electron chi connectivity index (χ1n) is 9.56. The molecular weight excluding hydrogens is 364 g/mol. The molecule has 2 aliphatic carbocycles. The van der Waals surface area contributed by atoms with Gasteiger partial charge in [0.25, 0.3) is 5.91 Å². The summed E-state index contributed by atoms with van der Waals surface area (Å²) >= 11 is 0. The molecule has 1 aromatic heterocycles. The van der Waals surface area contributed by atoms with Gasteiger partial charge in [-0.05, 0) is 37.3 Å². The number of carbonyl (C=O) groups excluding carboxylic acids is 2. The maximum Gasteiger partial charge on any atom is 0.272 e. The zero-order chi connectivity index (χ0) is 20.2. The van der Waals surface area contributed by atoms with E-state index < -0.39 is 23.0 Å². The van der Waals surface area contributed by atoms with Crippen LogP contribution in [0.15, 0.2) is 18.2 Å². The molecule has 0 radical (unpaired) electrons. The molecule has 7 heteroatoms. The summed E-state index contributed by atoms with van der Waals surface area (Å²) in [5.41, 5.74) is 1.52. The van der Waals surface area contributed by atoms with Gasteiger partial charge in [-0.25, -0.2) is 13.5 Å². The van der Waals surface area contributed by atoms with Gasteiger partial charge >= 0.3 is 0 Å². The summed E-state index contributed by atoms with van der Waals surface area (Å²) < 4.78 is 29.2. The highest BCUT2D eigenvalue weighted by Gasteiger charge is 2.44. The van der Waals surface area contributed by atoms with Crippen LogP contribution in [0.1, 0.15) is 73.6 Å². The average molecular weight is 387 g/mol. The van der Waals surface area contributed by atoms with Crippen LogP contribution in [0.5, 0.6) is 0 Å². The molecule has 2 aliphatic rings. The lowest BCUT2D eigenvalue weighted by Crippen LogP contribution is -2.36. The van der Waals surface area contributed by atoms with Crippen LogP contribution in [0.25, 0.3) is 5.69 Å². The normalized spacial score (nSPS) is 20.3. The Balaban J connectivity index is 1.71. The van der Waals surface area contributed by atoms with Crippen LogP contribution < -0.4 is 5.32 Å². The molecule has 1 amide bonds. The minimum absolute atomic E-state index is 0.0804. The number of rotatable bonds is 4. The number of nitrogens with zero attached hydrogens (tertiary/aromatic N) is 2. The molecule has 1 aromatic carbocycles. The summed E-state index contributed by atoms with van der Waals surface area (Å²) in [4.78, 5) is 24.9. The van der Waals surface area contributed by atoms with Crippen molar-refractivity contribution < 1.29 is 18.4 Å². The summed E-state index contributed by atoms with van der Waals surface area (Å²) in [7, 11) is 0. The van der Waals surface area contributed by atoms with E-state index in [0.29, 0.717) is 0 Å². The summed E-state index contributed by atoms with van der Waals surface area (Å²) in [6.07, 6.45) is 2.85. The largest absolute Gasteiger partial charge is 0.344 e. The first-order chi connectivity index (χ1) is 13.2. The maximum absolute atomic E-state index is 14.4. The molecule has 1 fully saturated rings. The second-order valence-electron chi connectivity index (χ2n) is 8.72. The van der Waals surface area contributed by atoms with Gasteiger partial charge in [-0.15, -0.1) is 0 Å². The van der Waals surface area contributed by atoms with Crippen molar-refractivity contribution in [3.05, 3.63) is 46.8 Å². The fourth-order valence-corrected chi connectivity index (χ4v) is 4.24. The van der Waals surface area contributed by atoms with Crippen molar-refractivity contribution in [3.63, 3.8) is 0 Å². The summed E-state index contributed by atoms with van der Waals surface area (Å²) in [5.74, 6) is -1.45. The molecule has 1 heterocycles. The third kappa shape index (κ3) is 3.02. The molecule has 28 heavy (non-hydrogen) atoms. The predicted molar refractivity (Wildman–Crippen MR) is 99.6 cm³/mol. The van der Waals surface area contributed by atoms with E-state index in [1.54, 1.807) is 20.8 Å².